The summed E-state index contributed by atoms with van der Waals surface area (Å²) in [5.41, 5.74) is 2.75. The van der Waals surface area contributed by atoms with Crippen molar-refractivity contribution in [3.05, 3.63) is 70.2 Å². The molecule has 3 N–H and O–H groups in total. The van der Waals surface area contributed by atoms with E-state index in [1.54, 1.807) is 20.2 Å². The minimum atomic E-state index is -0.0961. The molecule has 0 aliphatic heterocycles. The van der Waals surface area contributed by atoms with Crippen molar-refractivity contribution < 1.29 is 4.79 Å². The maximum atomic E-state index is 11.8. The van der Waals surface area contributed by atoms with Crippen LogP contribution in [0.4, 0.5) is 0 Å². The Hall–Kier alpha value is -1.84. The zero-order valence-corrected chi connectivity index (χ0v) is 21.7. The van der Waals surface area contributed by atoms with E-state index in [9.17, 15) is 4.79 Å². The Morgan fingerprint density at radius 1 is 1.10 bits per heavy atom. The zero-order chi connectivity index (χ0) is 21.9. The van der Waals surface area contributed by atoms with Crippen molar-refractivity contribution in [2.75, 3.05) is 33.7 Å². The molecule has 0 saturated carbocycles. The lowest BCUT2D eigenvalue weighted by Crippen LogP contribution is -2.43. The fraction of sp³-hybridized carbons (Fsp3) is 0.391. The molecule has 0 heterocycles. The average molecular weight is 558 g/mol. The van der Waals surface area contributed by atoms with Crippen LogP contribution in [0.1, 0.15) is 41.4 Å². The monoisotopic (exact) mass is 557 g/mol. The number of hydrogen-bond donors (Lipinski definition) is 3. The Morgan fingerprint density at radius 2 is 1.81 bits per heavy atom. The first-order chi connectivity index (χ1) is 14.5. The number of amides is 1. The lowest BCUT2D eigenvalue weighted by Gasteiger charge is -2.31. The van der Waals surface area contributed by atoms with Gasteiger partial charge in [-0.15, -0.1) is 24.0 Å². The van der Waals surface area contributed by atoms with Crippen molar-refractivity contribution >= 4 is 47.4 Å². The Balaban J connectivity index is 0.00000480. The summed E-state index contributed by atoms with van der Waals surface area (Å²) in [4.78, 5) is 18.5. The van der Waals surface area contributed by atoms with Crippen LogP contribution in [-0.4, -0.2) is 50.5 Å². The van der Waals surface area contributed by atoms with Gasteiger partial charge in [-0.25, -0.2) is 0 Å². The van der Waals surface area contributed by atoms with Crippen molar-refractivity contribution in [2.45, 2.75) is 26.4 Å². The van der Waals surface area contributed by atoms with E-state index in [1.807, 2.05) is 36.4 Å². The molecule has 6 nitrogen and oxygen atoms in total. The van der Waals surface area contributed by atoms with Crippen LogP contribution in [0, 0.1) is 0 Å². The molecule has 2 rings (SSSR count). The van der Waals surface area contributed by atoms with E-state index in [2.05, 4.69) is 45.8 Å². The molecule has 1 amide bonds. The second kappa shape index (κ2) is 14.3. The fourth-order valence-corrected chi connectivity index (χ4v) is 3.67. The summed E-state index contributed by atoms with van der Waals surface area (Å²) in [6.07, 6.45) is 0. The van der Waals surface area contributed by atoms with Crippen molar-refractivity contribution in [3.8, 4) is 0 Å². The molecule has 0 saturated heterocycles. The predicted octanol–water partition coefficient (Wildman–Crippen LogP) is 4.07. The number of likely N-dealkylation sites (N-methyl/N-ethyl adjacent to an activating group) is 1. The van der Waals surface area contributed by atoms with E-state index < -0.39 is 0 Å². The normalized spacial score (nSPS) is 12.1. The Morgan fingerprint density at radius 3 is 2.42 bits per heavy atom. The highest BCUT2D eigenvalue weighted by molar-refractivity contribution is 14.0. The zero-order valence-electron chi connectivity index (χ0n) is 18.6. The van der Waals surface area contributed by atoms with Gasteiger partial charge < -0.3 is 16.0 Å². The molecule has 8 heteroatoms. The number of halogens is 2. The first-order valence-electron chi connectivity index (χ1n) is 10.3. The van der Waals surface area contributed by atoms with Gasteiger partial charge in [-0.3, -0.25) is 14.7 Å². The molecule has 0 fully saturated rings. The molecule has 2 aromatic rings. The summed E-state index contributed by atoms with van der Waals surface area (Å²) in [5.74, 6) is 0.603. The van der Waals surface area contributed by atoms with Gasteiger partial charge in [-0.05, 0) is 42.4 Å². The number of hydrogen-bond acceptors (Lipinski definition) is 3. The number of rotatable bonds is 9. The second-order valence-electron chi connectivity index (χ2n) is 6.84. The number of aliphatic imine (C=N–C) groups is 1. The van der Waals surface area contributed by atoms with Crippen LogP contribution in [0.2, 0.25) is 5.02 Å². The summed E-state index contributed by atoms with van der Waals surface area (Å²) in [6.45, 7) is 7.38. The van der Waals surface area contributed by atoms with Crippen LogP contribution < -0.4 is 16.0 Å². The van der Waals surface area contributed by atoms with E-state index in [1.165, 1.54) is 0 Å². The van der Waals surface area contributed by atoms with Gasteiger partial charge >= 0.3 is 0 Å². The van der Waals surface area contributed by atoms with Crippen molar-refractivity contribution in [3.63, 3.8) is 0 Å². The third-order valence-corrected chi connectivity index (χ3v) is 5.42. The highest BCUT2D eigenvalue weighted by Gasteiger charge is 2.20. The second-order valence-corrected chi connectivity index (χ2v) is 7.25. The lowest BCUT2D eigenvalue weighted by atomic mass is 10.0. The molecule has 2 aromatic carbocycles. The molecule has 0 bridgehead atoms. The standard InChI is InChI=1S/C23H32ClN5O.HI/c1-5-29(6-2)21(19-12-7-8-13-20(19)24)16-28-23(26-4)27-15-17-10-9-11-18(14-17)22(30)25-3;/h7-14,21H,5-6,15-16H2,1-4H3,(H,25,30)(H2,26,27,28);1H. The summed E-state index contributed by atoms with van der Waals surface area (Å²) >= 11 is 6.49. The quantitative estimate of drug-likeness (QED) is 0.247. The van der Waals surface area contributed by atoms with Crippen LogP contribution in [0.25, 0.3) is 0 Å². The molecule has 0 spiro atoms. The average Bonchev–Trinajstić information content (AvgIpc) is 2.78. The van der Waals surface area contributed by atoms with Crippen LogP contribution in [0.5, 0.6) is 0 Å². The van der Waals surface area contributed by atoms with Crippen LogP contribution in [0.15, 0.2) is 53.5 Å². The number of benzene rings is 2. The SMILES string of the molecule is CCN(CC)C(CNC(=NC)NCc1cccc(C(=O)NC)c1)c1ccccc1Cl.I. The number of guanidine groups is 1. The van der Waals surface area contributed by atoms with Crippen LogP contribution in [0.3, 0.4) is 0 Å². The molecule has 170 valence electrons. The van der Waals surface area contributed by atoms with E-state index in [4.69, 9.17) is 11.6 Å². The summed E-state index contributed by atoms with van der Waals surface area (Å²) in [7, 11) is 3.38. The third kappa shape index (κ3) is 7.97. The maximum Gasteiger partial charge on any atom is 0.251 e. The lowest BCUT2D eigenvalue weighted by molar-refractivity contribution is 0.0963. The summed E-state index contributed by atoms with van der Waals surface area (Å²) in [6, 6.07) is 15.6. The molecule has 0 radical (unpaired) electrons. The number of nitrogens with zero attached hydrogens (tertiary/aromatic N) is 2. The molecule has 0 aliphatic rings. The first-order valence-corrected chi connectivity index (χ1v) is 10.7. The van der Waals surface area contributed by atoms with Gasteiger partial charge in [0.25, 0.3) is 5.91 Å². The predicted molar refractivity (Wildman–Crippen MR) is 141 cm³/mol. The van der Waals surface area contributed by atoms with E-state index in [0.29, 0.717) is 24.6 Å². The van der Waals surface area contributed by atoms with Gasteiger partial charge in [-0.1, -0.05) is 55.8 Å². The highest BCUT2D eigenvalue weighted by atomic mass is 127. The molecule has 1 unspecified atom stereocenters. The number of carbonyl (C=O) groups is 1. The Labute approximate surface area is 207 Å². The summed E-state index contributed by atoms with van der Waals surface area (Å²) < 4.78 is 0. The third-order valence-electron chi connectivity index (χ3n) is 5.08. The maximum absolute atomic E-state index is 11.8. The highest BCUT2D eigenvalue weighted by Crippen LogP contribution is 2.26. The van der Waals surface area contributed by atoms with Crippen LogP contribution in [-0.2, 0) is 6.54 Å². The van der Waals surface area contributed by atoms with Crippen molar-refractivity contribution in [1.82, 2.24) is 20.9 Å². The van der Waals surface area contributed by atoms with Crippen LogP contribution >= 0.6 is 35.6 Å². The fourth-order valence-electron chi connectivity index (χ4n) is 3.41. The van der Waals surface area contributed by atoms with Gasteiger partial charge in [0.1, 0.15) is 0 Å². The van der Waals surface area contributed by atoms with Gasteiger partial charge in [-0.2, -0.15) is 0 Å². The molecular formula is C23H33ClIN5O. The summed E-state index contributed by atoms with van der Waals surface area (Å²) in [5, 5.41) is 10.2. The largest absolute Gasteiger partial charge is 0.355 e. The molecule has 0 aliphatic carbocycles. The molecule has 31 heavy (non-hydrogen) atoms. The van der Waals surface area contributed by atoms with E-state index in [0.717, 1.165) is 29.2 Å². The van der Waals surface area contributed by atoms with Gasteiger partial charge in [0.15, 0.2) is 5.96 Å². The van der Waals surface area contributed by atoms with Crippen molar-refractivity contribution in [2.24, 2.45) is 4.99 Å². The van der Waals surface area contributed by atoms with Gasteiger partial charge in [0, 0.05) is 37.8 Å². The first kappa shape index (κ1) is 27.2. The Bertz CT molecular complexity index is 857. The van der Waals surface area contributed by atoms with Crippen molar-refractivity contribution in [1.29, 1.82) is 0 Å². The smallest absolute Gasteiger partial charge is 0.251 e. The topological polar surface area (TPSA) is 68.8 Å². The Kier molecular flexibility index (Phi) is 12.5. The van der Waals surface area contributed by atoms with Gasteiger partial charge in [0.2, 0.25) is 0 Å². The minimum Gasteiger partial charge on any atom is -0.355 e. The van der Waals surface area contributed by atoms with E-state index >= 15 is 0 Å². The minimum absolute atomic E-state index is 0. The molecule has 1 atom stereocenters. The molecular weight excluding hydrogens is 525 g/mol. The number of carbonyl (C=O) groups excluding carboxylic acids is 1. The van der Waals surface area contributed by atoms with Gasteiger partial charge in [0.05, 0.1) is 6.04 Å². The number of nitrogens with one attached hydrogen (secondary N) is 3. The molecule has 0 aromatic heterocycles. The van der Waals surface area contributed by atoms with E-state index in [-0.39, 0.29) is 35.9 Å².